The first kappa shape index (κ1) is 12.0. The van der Waals surface area contributed by atoms with Gasteiger partial charge in [0.2, 0.25) is 0 Å². The molecule has 2 unspecified atom stereocenters. The first-order chi connectivity index (χ1) is 5.25. The minimum absolute atomic E-state index is 0.254. The molecular formula is C5H12F2NO3P. The molecule has 0 spiro atoms. The molecule has 0 fully saturated rings. The van der Waals surface area contributed by atoms with Gasteiger partial charge in [-0.3, -0.25) is 4.57 Å². The van der Waals surface area contributed by atoms with Gasteiger partial charge in [0.15, 0.2) is 0 Å². The highest BCUT2D eigenvalue weighted by Crippen LogP contribution is 2.58. The lowest BCUT2D eigenvalue weighted by molar-refractivity contribution is 0.0304. The molecule has 12 heavy (non-hydrogen) atoms. The van der Waals surface area contributed by atoms with Gasteiger partial charge < -0.3 is 15.2 Å². The summed E-state index contributed by atoms with van der Waals surface area (Å²) in [5.41, 5.74) is 0.938. The van der Waals surface area contributed by atoms with Gasteiger partial charge in [0.1, 0.15) is 0 Å². The Balaban J connectivity index is 4.63. The number of nitrogens with two attached hydrogens (primary N) is 1. The van der Waals surface area contributed by atoms with Gasteiger partial charge in [-0.1, -0.05) is 0 Å². The van der Waals surface area contributed by atoms with Crippen molar-refractivity contribution in [3.8, 4) is 0 Å². The van der Waals surface area contributed by atoms with Crippen molar-refractivity contribution in [1.29, 1.82) is 0 Å². The molecule has 7 heteroatoms. The van der Waals surface area contributed by atoms with Gasteiger partial charge >= 0.3 is 13.3 Å². The van der Waals surface area contributed by atoms with Crippen molar-refractivity contribution in [2.24, 2.45) is 5.73 Å². The van der Waals surface area contributed by atoms with Gasteiger partial charge in [0.05, 0.1) is 12.6 Å². The Morgan fingerprint density at radius 2 is 2.17 bits per heavy atom. The Kier molecular flexibility index (Phi) is 3.78. The normalized spacial score (nSPS) is 20.2. The van der Waals surface area contributed by atoms with Gasteiger partial charge in [-0.15, -0.1) is 0 Å². The van der Waals surface area contributed by atoms with Gasteiger partial charge in [0.25, 0.3) is 0 Å². The van der Waals surface area contributed by atoms with Crippen molar-refractivity contribution in [1.82, 2.24) is 0 Å². The summed E-state index contributed by atoms with van der Waals surface area (Å²) in [5, 5.41) is 0. The fourth-order valence-electron chi connectivity index (χ4n) is 0.518. The first-order valence-corrected chi connectivity index (χ1v) is 4.94. The Morgan fingerprint density at radius 3 is 2.42 bits per heavy atom. The van der Waals surface area contributed by atoms with E-state index in [1.165, 1.54) is 6.92 Å². The van der Waals surface area contributed by atoms with E-state index in [4.69, 9.17) is 10.6 Å². The number of halogens is 2. The molecule has 0 radical (unpaired) electrons. The zero-order valence-electron chi connectivity index (χ0n) is 6.83. The maximum Gasteiger partial charge on any atom is 0.398 e. The molecule has 2 atom stereocenters. The van der Waals surface area contributed by atoms with E-state index in [0.29, 0.717) is 0 Å². The average molecular weight is 203 g/mol. The maximum atomic E-state index is 12.7. The van der Waals surface area contributed by atoms with Crippen molar-refractivity contribution in [3.05, 3.63) is 0 Å². The quantitative estimate of drug-likeness (QED) is 0.672. The fraction of sp³-hybridized carbons (Fsp3) is 1.00. The molecule has 0 saturated carbocycles. The molecule has 74 valence electrons. The van der Waals surface area contributed by atoms with E-state index >= 15 is 0 Å². The SMILES string of the molecule is CCOP(=O)(O)C(F)(F)C(C)N. The van der Waals surface area contributed by atoms with Gasteiger partial charge in [-0.2, -0.15) is 8.78 Å². The summed E-state index contributed by atoms with van der Waals surface area (Å²) < 4.78 is 40.3. The highest BCUT2D eigenvalue weighted by Gasteiger charge is 2.53. The third kappa shape index (κ3) is 2.23. The maximum absolute atomic E-state index is 12.7. The van der Waals surface area contributed by atoms with Crippen molar-refractivity contribution in [2.75, 3.05) is 6.61 Å². The topological polar surface area (TPSA) is 72.5 Å². The van der Waals surface area contributed by atoms with E-state index in [1.54, 1.807) is 0 Å². The van der Waals surface area contributed by atoms with Crippen LogP contribution in [0.15, 0.2) is 0 Å². The number of alkyl halides is 2. The second-order valence-corrected chi connectivity index (χ2v) is 4.21. The molecule has 0 aliphatic heterocycles. The zero-order chi connectivity index (χ0) is 9.99. The van der Waals surface area contributed by atoms with Crippen molar-refractivity contribution in [3.63, 3.8) is 0 Å². The second kappa shape index (κ2) is 3.79. The van der Waals surface area contributed by atoms with E-state index in [0.717, 1.165) is 6.92 Å². The van der Waals surface area contributed by atoms with Crippen LogP contribution < -0.4 is 5.73 Å². The molecule has 0 bridgehead atoms. The van der Waals surface area contributed by atoms with E-state index in [1.807, 2.05) is 0 Å². The van der Waals surface area contributed by atoms with Crippen LogP contribution in [0.25, 0.3) is 0 Å². The van der Waals surface area contributed by atoms with Crippen LogP contribution in [0.4, 0.5) is 8.78 Å². The molecule has 0 aromatic carbocycles. The van der Waals surface area contributed by atoms with Gasteiger partial charge in [-0.05, 0) is 13.8 Å². The van der Waals surface area contributed by atoms with E-state index in [-0.39, 0.29) is 6.61 Å². The third-order valence-corrected chi connectivity index (χ3v) is 3.00. The summed E-state index contributed by atoms with van der Waals surface area (Å²) in [6, 6.07) is -1.71. The Morgan fingerprint density at radius 1 is 1.75 bits per heavy atom. The molecule has 0 aliphatic rings. The summed E-state index contributed by atoms with van der Waals surface area (Å²) in [4.78, 5) is 8.72. The molecule has 0 heterocycles. The van der Waals surface area contributed by atoms with E-state index in [9.17, 15) is 13.3 Å². The largest absolute Gasteiger partial charge is 0.398 e. The van der Waals surface area contributed by atoms with Crippen molar-refractivity contribution < 1.29 is 22.8 Å². The average Bonchev–Trinajstić information content (AvgIpc) is 1.86. The molecule has 0 amide bonds. The van der Waals surface area contributed by atoms with Crippen molar-refractivity contribution in [2.45, 2.75) is 25.6 Å². The third-order valence-electron chi connectivity index (χ3n) is 1.23. The lowest BCUT2D eigenvalue weighted by atomic mass is 10.4. The monoisotopic (exact) mass is 203 g/mol. The predicted octanol–water partition coefficient (Wildman–Crippen LogP) is 1.15. The van der Waals surface area contributed by atoms with Crippen LogP contribution in [0.3, 0.4) is 0 Å². The Hall–Kier alpha value is -0.0300. The molecule has 4 nitrogen and oxygen atoms in total. The predicted molar refractivity (Wildman–Crippen MR) is 40.0 cm³/mol. The minimum atomic E-state index is -4.91. The van der Waals surface area contributed by atoms with Gasteiger partial charge in [0, 0.05) is 0 Å². The molecule has 0 rings (SSSR count). The highest BCUT2D eigenvalue weighted by atomic mass is 31.2. The summed E-state index contributed by atoms with van der Waals surface area (Å²) in [7, 11) is -4.91. The van der Waals surface area contributed by atoms with Gasteiger partial charge in [-0.25, -0.2) is 0 Å². The smallest absolute Gasteiger partial charge is 0.322 e. The lowest BCUT2D eigenvalue weighted by Gasteiger charge is -2.24. The van der Waals surface area contributed by atoms with E-state index < -0.39 is 19.3 Å². The Bertz CT molecular complexity index is 197. The van der Waals surface area contributed by atoms with Crippen LogP contribution in [0.2, 0.25) is 0 Å². The molecule has 0 aliphatic carbocycles. The number of rotatable bonds is 4. The molecule has 0 aromatic rings. The molecule has 3 N–H and O–H groups in total. The summed E-state index contributed by atoms with van der Waals surface area (Å²) in [6.45, 7) is 2.04. The van der Waals surface area contributed by atoms with Crippen molar-refractivity contribution >= 4 is 7.60 Å². The van der Waals surface area contributed by atoms with Crippen LogP contribution in [0.1, 0.15) is 13.8 Å². The lowest BCUT2D eigenvalue weighted by Crippen LogP contribution is -2.38. The van der Waals surface area contributed by atoms with Crippen LogP contribution in [0.5, 0.6) is 0 Å². The molecular weight excluding hydrogens is 191 g/mol. The van der Waals surface area contributed by atoms with E-state index in [2.05, 4.69) is 4.52 Å². The standard InChI is InChI=1S/C5H12F2NO3P/c1-3-11-12(9,10)5(6,7)4(2)8/h4H,3,8H2,1-2H3,(H,9,10). The summed E-state index contributed by atoms with van der Waals surface area (Å²) in [6.07, 6.45) is 0. The molecule has 0 aromatic heterocycles. The van der Waals surface area contributed by atoms with Crippen LogP contribution >= 0.6 is 7.60 Å². The molecule has 0 saturated heterocycles. The second-order valence-electron chi connectivity index (χ2n) is 2.31. The zero-order valence-corrected chi connectivity index (χ0v) is 7.72. The Labute approximate surface area is 69.2 Å². The number of hydrogen-bond acceptors (Lipinski definition) is 3. The first-order valence-electron chi connectivity index (χ1n) is 3.36. The fourth-order valence-corrected chi connectivity index (χ4v) is 1.56. The minimum Gasteiger partial charge on any atom is -0.322 e. The van der Waals surface area contributed by atoms with Crippen LogP contribution in [0, 0.1) is 0 Å². The van der Waals surface area contributed by atoms with Crippen LogP contribution in [-0.2, 0) is 9.09 Å². The van der Waals surface area contributed by atoms with Crippen LogP contribution in [-0.4, -0.2) is 23.2 Å². The summed E-state index contributed by atoms with van der Waals surface area (Å²) >= 11 is 0. The number of hydrogen-bond donors (Lipinski definition) is 2. The summed E-state index contributed by atoms with van der Waals surface area (Å²) in [5.74, 6) is 0. The highest BCUT2D eigenvalue weighted by molar-refractivity contribution is 7.54.